The first kappa shape index (κ1) is 8.49. The van der Waals surface area contributed by atoms with E-state index in [0.717, 1.165) is 0 Å². The molecule has 1 N–H and O–H groups in total. The molecule has 0 aromatic carbocycles. The van der Waals surface area contributed by atoms with E-state index in [1.165, 1.54) is 11.3 Å². The van der Waals surface area contributed by atoms with Crippen molar-refractivity contribution in [3.05, 3.63) is 10.6 Å². The minimum atomic E-state index is -0.443. The maximum atomic E-state index is 10.7. The molecular formula is C6H7ClN2OS. The second-order valence-corrected chi connectivity index (χ2v) is 3.30. The molecule has 0 saturated heterocycles. The molecule has 0 amide bonds. The number of halogens is 1. The summed E-state index contributed by atoms with van der Waals surface area (Å²) in [7, 11) is 1.75. The van der Waals surface area contributed by atoms with Crippen molar-refractivity contribution in [1.82, 2.24) is 4.98 Å². The molecule has 0 aliphatic heterocycles. The van der Waals surface area contributed by atoms with Gasteiger partial charge in [0.1, 0.15) is 4.88 Å². The van der Waals surface area contributed by atoms with Gasteiger partial charge in [-0.05, 0) is 18.5 Å². The maximum Gasteiger partial charge on any atom is 0.264 e. The summed E-state index contributed by atoms with van der Waals surface area (Å²) >= 11 is 6.55. The van der Waals surface area contributed by atoms with Crippen LogP contribution in [-0.4, -0.2) is 17.3 Å². The van der Waals surface area contributed by atoms with Crippen molar-refractivity contribution in [1.29, 1.82) is 0 Å². The molecule has 60 valence electrons. The van der Waals surface area contributed by atoms with Gasteiger partial charge < -0.3 is 5.32 Å². The van der Waals surface area contributed by atoms with Crippen molar-refractivity contribution in [2.45, 2.75) is 6.92 Å². The van der Waals surface area contributed by atoms with Crippen LogP contribution in [-0.2, 0) is 0 Å². The molecule has 0 fully saturated rings. The molecule has 1 rings (SSSR count). The lowest BCUT2D eigenvalue weighted by Crippen LogP contribution is -1.86. The monoisotopic (exact) mass is 190 g/mol. The standard InChI is InChI=1S/C6H7ClN2OS/c1-3-4(5(7)10)11-6(8-2)9-3/h1-2H3,(H,8,9). The van der Waals surface area contributed by atoms with Crippen molar-refractivity contribution >= 4 is 33.3 Å². The number of nitrogens with zero attached hydrogens (tertiary/aromatic N) is 1. The van der Waals surface area contributed by atoms with Gasteiger partial charge in [0.15, 0.2) is 5.13 Å². The molecule has 3 nitrogen and oxygen atoms in total. The Hall–Kier alpha value is -0.610. The number of thiazole rings is 1. The number of hydrogen-bond donors (Lipinski definition) is 1. The Morgan fingerprint density at radius 3 is 2.64 bits per heavy atom. The molecule has 0 unspecified atom stereocenters. The molecule has 0 atom stereocenters. The van der Waals surface area contributed by atoms with E-state index in [4.69, 9.17) is 11.6 Å². The Morgan fingerprint density at radius 1 is 1.73 bits per heavy atom. The Kier molecular flexibility index (Phi) is 2.46. The van der Waals surface area contributed by atoms with E-state index in [2.05, 4.69) is 10.3 Å². The number of nitrogens with one attached hydrogen (secondary N) is 1. The number of aromatic nitrogens is 1. The molecule has 5 heteroatoms. The average molecular weight is 191 g/mol. The van der Waals surface area contributed by atoms with Gasteiger partial charge in [-0.25, -0.2) is 4.98 Å². The van der Waals surface area contributed by atoms with Crippen LogP contribution in [0.4, 0.5) is 5.13 Å². The fraction of sp³-hybridized carbons (Fsp3) is 0.333. The molecule has 1 heterocycles. The SMILES string of the molecule is CNc1nc(C)c(C(=O)Cl)s1. The minimum absolute atomic E-state index is 0.443. The molecule has 0 spiro atoms. The molecule has 0 radical (unpaired) electrons. The molecular weight excluding hydrogens is 184 g/mol. The summed E-state index contributed by atoms with van der Waals surface area (Å²) in [6.45, 7) is 1.76. The number of carbonyl (C=O) groups is 1. The Bertz CT molecular complexity index is 284. The normalized spacial score (nSPS) is 9.73. The van der Waals surface area contributed by atoms with Crippen LogP contribution < -0.4 is 5.32 Å². The molecule has 11 heavy (non-hydrogen) atoms. The Labute approximate surface area is 73.4 Å². The van der Waals surface area contributed by atoms with Crippen LogP contribution in [0.3, 0.4) is 0 Å². The zero-order valence-corrected chi connectivity index (χ0v) is 7.71. The molecule has 0 bridgehead atoms. The largest absolute Gasteiger partial charge is 0.365 e. The van der Waals surface area contributed by atoms with Gasteiger partial charge in [0, 0.05) is 7.05 Å². The minimum Gasteiger partial charge on any atom is -0.365 e. The van der Waals surface area contributed by atoms with E-state index in [9.17, 15) is 4.79 Å². The van der Waals surface area contributed by atoms with Crippen LogP contribution in [0.15, 0.2) is 0 Å². The summed E-state index contributed by atoms with van der Waals surface area (Å²) in [6, 6.07) is 0. The lowest BCUT2D eigenvalue weighted by atomic mass is 10.4. The summed E-state index contributed by atoms with van der Waals surface area (Å²) in [5, 5.41) is 3.11. The van der Waals surface area contributed by atoms with Crippen LogP contribution in [0.25, 0.3) is 0 Å². The van der Waals surface area contributed by atoms with Crippen molar-refractivity contribution in [3.63, 3.8) is 0 Å². The lowest BCUT2D eigenvalue weighted by molar-refractivity contribution is 0.108. The number of anilines is 1. The molecule has 0 aliphatic carbocycles. The Morgan fingerprint density at radius 2 is 2.36 bits per heavy atom. The summed E-state index contributed by atoms with van der Waals surface area (Å²) in [5.41, 5.74) is 0.680. The van der Waals surface area contributed by atoms with Gasteiger partial charge in [-0.2, -0.15) is 0 Å². The first-order valence-corrected chi connectivity index (χ1v) is 4.19. The van der Waals surface area contributed by atoms with Gasteiger partial charge >= 0.3 is 0 Å². The van der Waals surface area contributed by atoms with E-state index in [-0.39, 0.29) is 0 Å². The highest BCUT2D eigenvalue weighted by Crippen LogP contribution is 2.23. The highest BCUT2D eigenvalue weighted by Gasteiger charge is 2.11. The summed E-state index contributed by atoms with van der Waals surface area (Å²) in [4.78, 5) is 15.3. The lowest BCUT2D eigenvalue weighted by Gasteiger charge is -1.85. The maximum absolute atomic E-state index is 10.7. The number of aryl methyl sites for hydroxylation is 1. The van der Waals surface area contributed by atoms with Crippen LogP contribution >= 0.6 is 22.9 Å². The Balaban J connectivity index is 3.07. The van der Waals surface area contributed by atoms with E-state index >= 15 is 0 Å². The fourth-order valence-corrected chi connectivity index (χ4v) is 1.69. The average Bonchev–Trinajstić information content (AvgIpc) is 2.30. The topological polar surface area (TPSA) is 42.0 Å². The van der Waals surface area contributed by atoms with Crippen LogP contribution in [0.1, 0.15) is 15.4 Å². The van der Waals surface area contributed by atoms with Crippen LogP contribution in [0.2, 0.25) is 0 Å². The summed E-state index contributed by atoms with van der Waals surface area (Å²) < 4.78 is 0. The molecule has 0 saturated carbocycles. The van der Waals surface area contributed by atoms with Crippen LogP contribution in [0, 0.1) is 6.92 Å². The predicted molar refractivity (Wildman–Crippen MR) is 46.6 cm³/mol. The third kappa shape index (κ3) is 1.70. The fourth-order valence-electron chi connectivity index (χ4n) is 0.686. The van der Waals surface area contributed by atoms with E-state index in [1.54, 1.807) is 14.0 Å². The zero-order valence-electron chi connectivity index (χ0n) is 6.14. The molecule has 0 aliphatic rings. The van der Waals surface area contributed by atoms with Crippen molar-refractivity contribution in [2.75, 3.05) is 12.4 Å². The second-order valence-electron chi connectivity index (χ2n) is 1.96. The van der Waals surface area contributed by atoms with Gasteiger partial charge in [-0.3, -0.25) is 4.79 Å². The highest BCUT2D eigenvalue weighted by molar-refractivity contribution is 7.19. The summed E-state index contributed by atoms with van der Waals surface area (Å²) in [5.74, 6) is 0. The van der Waals surface area contributed by atoms with Crippen molar-refractivity contribution in [2.24, 2.45) is 0 Å². The quantitative estimate of drug-likeness (QED) is 0.724. The van der Waals surface area contributed by atoms with Gasteiger partial charge in [0.25, 0.3) is 5.24 Å². The van der Waals surface area contributed by atoms with Gasteiger partial charge in [0.2, 0.25) is 0 Å². The zero-order chi connectivity index (χ0) is 8.43. The van der Waals surface area contributed by atoms with Crippen molar-refractivity contribution < 1.29 is 4.79 Å². The third-order valence-corrected chi connectivity index (χ3v) is 2.66. The van der Waals surface area contributed by atoms with Crippen LogP contribution in [0.5, 0.6) is 0 Å². The van der Waals surface area contributed by atoms with Gasteiger partial charge in [-0.1, -0.05) is 11.3 Å². The van der Waals surface area contributed by atoms with E-state index < -0.39 is 5.24 Å². The number of hydrogen-bond acceptors (Lipinski definition) is 4. The molecule has 1 aromatic heterocycles. The highest BCUT2D eigenvalue weighted by atomic mass is 35.5. The van der Waals surface area contributed by atoms with Gasteiger partial charge in [-0.15, -0.1) is 0 Å². The number of rotatable bonds is 2. The first-order valence-electron chi connectivity index (χ1n) is 3.00. The van der Waals surface area contributed by atoms with Gasteiger partial charge in [0.05, 0.1) is 5.69 Å². The molecule has 1 aromatic rings. The van der Waals surface area contributed by atoms with E-state index in [0.29, 0.717) is 15.7 Å². The smallest absolute Gasteiger partial charge is 0.264 e. The second kappa shape index (κ2) is 3.19. The predicted octanol–water partition coefficient (Wildman–Crippen LogP) is 1.87. The first-order chi connectivity index (χ1) is 5.15. The van der Waals surface area contributed by atoms with E-state index in [1.807, 2.05) is 0 Å². The number of carbonyl (C=O) groups excluding carboxylic acids is 1. The third-order valence-electron chi connectivity index (χ3n) is 1.19. The van der Waals surface area contributed by atoms with Crippen molar-refractivity contribution in [3.8, 4) is 0 Å². The summed E-state index contributed by atoms with van der Waals surface area (Å²) in [6.07, 6.45) is 0.